The van der Waals surface area contributed by atoms with Crippen LogP contribution in [0.15, 0.2) is 0 Å². The number of hydrogen-bond acceptors (Lipinski definition) is 0. The van der Waals surface area contributed by atoms with Gasteiger partial charge in [-0.15, -0.1) is 23.2 Å². The van der Waals surface area contributed by atoms with Crippen molar-refractivity contribution in [3.05, 3.63) is 0 Å². The molecule has 0 aromatic heterocycles. The van der Waals surface area contributed by atoms with Gasteiger partial charge in [0.2, 0.25) is 0 Å². The number of hydrogen-bond donors (Lipinski definition) is 1. The molecule has 2 fully saturated rings. The average Bonchev–Trinajstić information content (AvgIpc) is 2.53. The Morgan fingerprint density at radius 1 is 1.00 bits per heavy atom. The molecular formula is C8H8Cl2F6N+. The number of nitrogens with two attached hydrogens (primary N) is 1. The van der Waals surface area contributed by atoms with Gasteiger partial charge in [0.15, 0.2) is 0 Å². The van der Waals surface area contributed by atoms with Crippen molar-refractivity contribution in [3.63, 3.8) is 0 Å². The fourth-order valence-corrected chi connectivity index (χ4v) is 3.87. The summed E-state index contributed by atoms with van der Waals surface area (Å²) in [6.07, 6.45) is -11.2. The average molecular weight is 303 g/mol. The van der Waals surface area contributed by atoms with Crippen LogP contribution in [0.5, 0.6) is 0 Å². The van der Waals surface area contributed by atoms with E-state index in [9.17, 15) is 26.3 Å². The predicted molar refractivity (Wildman–Crippen MR) is 47.9 cm³/mol. The van der Waals surface area contributed by atoms with Crippen molar-refractivity contribution in [1.82, 2.24) is 0 Å². The van der Waals surface area contributed by atoms with Crippen molar-refractivity contribution in [1.29, 1.82) is 0 Å². The van der Waals surface area contributed by atoms with Crippen molar-refractivity contribution in [2.75, 3.05) is 0 Å². The van der Waals surface area contributed by atoms with Gasteiger partial charge in [-0.2, -0.15) is 26.3 Å². The quantitative estimate of drug-likeness (QED) is 0.521. The van der Waals surface area contributed by atoms with E-state index in [1.807, 2.05) is 0 Å². The SMILES string of the molecule is FC(F)(F)C1(C(F)(F)F)[NH2+]C2C(Cl)CC1C2Cl. The summed E-state index contributed by atoms with van der Waals surface area (Å²) >= 11 is 11.3. The fraction of sp³-hybridized carbons (Fsp3) is 1.00. The number of halogens is 8. The Morgan fingerprint density at radius 3 is 1.71 bits per heavy atom. The van der Waals surface area contributed by atoms with Crippen molar-refractivity contribution < 1.29 is 31.7 Å². The minimum Gasteiger partial charge on any atom is -0.321 e. The molecule has 2 aliphatic rings. The summed E-state index contributed by atoms with van der Waals surface area (Å²) < 4.78 is 76.9. The molecule has 0 spiro atoms. The highest BCUT2D eigenvalue weighted by Crippen LogP contribution is 2.55. The molecule has 9 heteroatoms. The van der Waals surface area contributed by atoms with Crippen molar-refractivity contribution in [2.45, 2.75) is 41.1 Å². The summed E-state index contributed by atoms with van der Waals surface area (Å²) in [5.41, 5.74) is -3.80. The molecule has 1 saturated heterocycles. The van der Waals surface area contributed by atoms with Crippen LogP contribution >= 0.6 is 23.2 Å². The summed E-state index contributed by atoms with van der Waals surface area (Å²) in [4.78, 5) is 0. The van der Waals surface area contributed by atoms with E-state index in [1.54, 1.807) is 0 Å². The third-order valence-electron chi connectivity index (χ3n) is 3.63. The second kappa shape index (κ2) is 3.57. The predicted octanol–water partition coefficient (Wildman–Crippen LogP) is 2.03. The Hall–Kier alpha value is 0.120. The molecule has 1 aliphatic heterocycles. The Morgan fingerprint density at radius 2 is 1.47 bits per heavy atom. The molecule has 0 aromatic carbocycles. The van der Waals surface area contributed by atoms with Gasteiger partial charge in [-0.05, 0) is 6.42 Å². The lowest BCUT2D eigenvalue weighted by Gasteiger charge is -2.38. The van der Waals surface area contributed by atoms with E-state index >= 15 is 0 Å². The zero-order chi connectivity index (χ0) is 13.2. The van der Waals surface area contributed by atoms with E-state index in [0.29, 0.717) is 0 Å². The number of quaternary nitrogens is 1. The van der Waals surface area contributed by atoms with E-state index in [0.717, 1.165) is 0 Å². The molecule has 1 saturated carbocycles. The summed E-state index contributed by atoms with van der Waals surface area (Å²) in [5, 5.41) is -1.70. The van der Waals surface area contributed by atoms with Gasteiger partial charge in [-0.3, -0.25) is 0 Å². The Labute approximate surface area is 102 Å². The first-order chi connectivity index (χ1) is 7.52. The van der Waals surface area contributed by atoms with Crippen LogP contribution in [-0.4, -0.2) is 34.7 Å². The molecule has 2 rings (SSSR count). The first-order valence-corrected chi connectivity index (χ1v) is 5.67. The first kappa shape index (κ1) is 13.5. The molecule has 1 aliphatic carbocycles. The van der Waals surface area contributed by atoms with Gasteiger partial charge < -0.3 is 5.32 Å². The maximum Gasteiger partial charge on any atom is 0.454 e. The second-order valence-electron chi connectivity index (χ2n) is 4.41. The Bertz CT molecular complexity index is 313. The van der Waals surface area contributed by atoms with Crippen LogP contribution in [0.2, 0.25) is 0 Å². The zero-order valence-corrected chi connectivity index (χ0v) is 9.63. The Kier molecular flexibility index (Phi) is 2.85. The molecule has 4 atom stereocenters. The highest BCUT2D eigenvalue weighted by molar-refractivity contribution is 6.25. The molecule has 4 unspecified atom stereocenters. The third-order valence-corrected chi connectivity index (χ3v) is 4.69. The molecule has 1 heterocycles. The van der Waals surface area contributed by atoms with Gasteiger partial charge in [0, 0.05) is 0 Å². The van der Waals surface area contributed by atoms with E-state index in [2.05, 4.69) is 0 Å². The molecular weight excluding hydrogens is 295 g/mol. The molecule has 2 bridgehead atoms. The van der Waals surface area contributed by atoms with Gasteiger partial charge in [0.1, 0.15) is 6.04 Å². The lowest BCUT2D eigenvalue weighted by atomic mass is 9.82. The summed E-state index contributed by atoms with van der Waals surface area (Å²) in [6, 6.07) is -1.05. The van der Waals surface area contributed by atoms with Gasteiger partial charge in [-0.1, -0.05) is 0 Å². The molecule has 0 aromatic rings. The fourth-order valence-electron chi connectivity index (χ4n) is 2.83. The van der Waals surface area contributed by atoms with Crippen LogP contribution in [0, 0.1) is 5.92 Å². The van der Waals surface area contributed by atoms with Crippen molar-refractivity contribution in [3.8, 4) is 0 Å². The van der Waals surface area contributed by atoms with E-state index in [1.165, 1.54) is 0 Å². The van der Waals surface area contributed by atoms with E-state index < -0.39 is 40.6 Å². The molecule has 100 valence electrons. The lowest BCUT2D eigenvalue weighted by Crippen LogP contribution is -3.07. The first-order valence-electron chi connectivity index (χ1n) is 4.80. The third kappa shape index (κ3) is 1.58. The van der Waals surface area contributed by atoms with Crippen molar-refractivity contribution >= 4 is 23.2 Å². The molecule has 17 heavy (non-hydrogen) atoms. The van der Waals surface area contributed by atoms with Gasteiger partial charge in [0.25, 0.3) is 5.54 Å². The standard InChI is InChI=1S/C8H7Cl2F6N/c9-3-1-2-4(10)5(3)17-6(2,7(11,12)13)8(14,15)16/h2-5,17H,1H2/p+1. The molecule has 0 amide bonds. The smallest absolute Gasteiger partial charge is 0.321 e. The summed E-state index contributed by atoms with van der Waals surface area (Å²) in [5.74, 6) is -1.73. The highest BCUT2D eigenvalue weighted by Gasteiger charge is 2.85. The molecule has 2 N–H and O–H groups in total. The number of fused-ring (bicyclic) bond motifs is 2. The monoisotopic (exact) mass is 302 g/mol. The van der Waals surface area contributed by atoms with Gasteiger partial charge >= 0.3 is 12.4 Å². The largest absolute Gasteiger partial charge is 0.454 e. The minimum absolute atomic E-state index is 0.260. The summed E-state index contributed by atoms with van der Waals surface area (Å²) in [6.45, 7) is 0. The van der Waals surface area contributed by atoms with Crippen LogP contribution in [0.1, 0.15) is 6.42 Å². The highest BCUT2D eigenvalue weighted by atomic mass is 35.5. The van der Waals surface area contributed by atoms with Crippen LogP contribution in [0.25, 0.3) is 0 Å². The minimum atomic E-state index is -5.39. The topological polar surface area (TPSA) is 16.6 Å². The van der Waals surface area contributed by atoms with Crippen LogP contribution in [0.4, 0.5) is 26.3 Å². The van der Waals surface area contributed by atoms with E-state index in [4.69, 9.17) is 23.2 Å². The maximum atomic E-state index is 12.8. The van der Waals surface area contributed by atoms with Gasteiger partial charge in [0.05, 0.1) is 16.7 Å². The normalized spacial score (nSPS) is 40.9. The zero-order valence-electron chi connectivity index (χ0n) is 8.12. The van der Waals surface area contributed by atoms with Crippen molar-refractivity contribution in [2.24, 2.45) is 5.92 Å². The lowest BCUT2D eigenvalue weighted by molar-refractivity contribution is -0.794. The number of alkyl halides is 8. The number of rotatable bonds is 0. The molecule has 0 radical (unpaired) electrons. The van der Waals surface area contributed by atoms with Crippen LogP contribution in [0.3, 0.4) is 0 Å². The maximum absolute atomic E-state index is 12.8. The number of piperidine rings is 1. The van der Waals surface area contributed by atoms with Crippen LogP contribution < -0.4 is 5.32 Å². The second-order valence-corrected chi connectivity index (χ2v) is 5.48. The van der Waals surface area contributed by atoms with Gasteiger partial charge in [-0.25, -0.2) is 0 Å². The summed E-state index contributed by atoms with van der Waals surface area (Å²) in [7, 11) is 0. The Balaban J connectivity index is 2.48. The molecule has 1 nitrogen and oxygen atoms in total. The van der Waals surface area contributed by atoms with Crippen LogP contribution in [-0.2, 0) is 0 Å². The van der Waals surface area contributed by atoms with E-state index in [-0.39, 0.29) is 11.7 Å².